The normalized spacial score (nSPS) is 18.8. The van der Waals surface area contributed by atoms with Gasteiger partial charge in [0.05, 0.1) is 50.0 Å². The summed E-state index contributed by atoms with van der Waals surface area (Å²) in [4.78, 5) is 17.7. The van der Waals surface area contributed by atoms with E-state index in [2.05, 4.69) is 5.48 Å². The first-order valence-corrected chi connectivity index (χ1v) is 11.9. The Balaban J connectivity index is 2.00. The summed E-state index contributed by atoms with van der Waals surface area (Å²) in [5.74, 6) is -0.865. The molecule has 9 nitrogen and oxygen atoms in total. The second kappa shape index (κ2) is 8.75. The van der Waals surface area contributed by atoms with Crippen LogP contribution in [0.4, 0.5) is 10.1 Å². The van der Waals surface area contributed by atoms with Crippen molar-refractivity contribution in [2.45, 2.75) is 19.1 Å². The zero-order valence-corrected chi connectivity index (χ0v) is 19.0. The van der Waals surface area contributed by atoms with E-state index in [9.17, 15) is 22.7 Å². The molecule has 176 valence electrons. The van der Waals surface area contributed by atoms with Crippen molar-refractivity contribution >= 4 is 32.6 Å². The molecule has 2 N–H and O–H groups in total. The van der Waals surface area contributed by atoms with Crippen LogP contribution in [0.15, 0.2) is 40.8 Å². The molecule has 0 bridgehead atoms. The number of aliphatic hydroxyl groups is 1. The lowest BCUT2D eigenvalue weighted by Crippen LogP contribution is -2.38. The van der Waals surface area contributed by atoms with Crippen molar-refractivity contribution in [2.75, 3.05) is 30.8 Å². The molecule has 3 aromatic rings. The first-order valence-electron chi connectivity index (χ1n) is 10.1. The Morgan fingerprint density at radius 3 is 2.61 bits per heavy atom. The summed E-state index contributed by atoms with van der Waals surface area (Å²) in [7, 11) is -2.43. The van der Waals surface area contributed by atoms with E-state index in [0.717, 1.165) is 10.6 Å². The SMILES string of the molecule is CONC(=O)c1c(-c2ccc(F)cc2)oc2cc3c(cc12)[C@H](C)O[C@H](CO)CN3S(C)(=O)=O. The fourth-order valence-corrected chi connectivity index (χ4v) is 4.92. The van der Waals surface area contributed by atoms with Crippen LogP contribution in [0, 0.1) is 5.82 Å². The van der Waals surface area contributed by atoms with Crippen LogP contribution in [0.1, 0.15) is 28.9 Å². The summed E-state index contributed by atoms with van der Waals surface area (Å²) in [5.41, 5.74) is 3.94. The molecule has 2 atom stereocenters. The average molecular weight is 478 g/mol. The second-order valence-corrected chi connectivity index (χ2v) is 9.64. The number of hydrogen-bond donors (Lipinski definition) is 2. The number of aliphatic hydroxyl groups excluding tert-OH is 1. The Kier molecular flexibility index (Phi) is 6.14. The number of carbonyl (C=O) groups excluding carboxylic acids is 1. The highest BCUT2D eigenvalue weighted by molar-refractivity contribution is 7.92. The zero-order valence-electron chi connectivity index (χ0n) is 18.2. The molecule has 1 aromatic heterocycles. The Morgan fingerprint density at radius 1 is 1.30 bits per heavy atom. The summed E-state index contributed by atoms with van der Waals surface area (Å²) in [6, 6.07) is 8.60. The molecule has 11 heteroatoms. The highest BCUT2D eigenvalue weighted by Gasteiger charge is 2.33. The average Bonchev–Trinajstić information content (AvgIpc) is 3.06. The van der Waals surface area contributed by atoms with Gasteiger partial charge in [-0.15, -0.1) is 0 Å². The number of amides is 1. The van der Waals surface area contributed by atoms with Gasteiger partial charge in [-0.2, -0.15) is 0 Å². The van der Waals surface area contributed by atoms with Crippen molar-refractivity contribution in [2.24, 2.45) is 0 Å². The number of hydroxylamine groups is 1. The number of nitrogens with zero attached hydrogens (tertiary/aromatic N) is 1. The van der Waals surface area contributed by atoms with E-state index in [4.69, 9.17) is 14.0 Å². The first kappa shape index (κ1) is 23.2. The van der Waals surface area contributed by atoms with E-state index in [1.54, 1.807) is 13.0 Å². The van der Waals surface area contributed by atoms with Gasteiger partial charge in [0.1, 0.15) is 17.2 Å². The van der Waals surface area contributed by atoms with Crippen LogP contribution in [-0.4, -0.2) is 52.1 Å². The fraction of sp³-hybridized carbons (Fsp3) is 0.318. The molecule has 0 aliphatic carbocycles. The molecule has 0 unspecified atom stereocenters. The minimum atomic E-state index is -3.72. The largest absolute Gasteiger partial charge is 0.455 e. The Morgan fingerprint density at radius 2 is 2.00 bits per heavy atom. The van der Waals surface area contributed by atoms with Gasteiger partial charge >= 0.3 is 0 Å². The molecular weight excluding hydrogens is 455 g/mol. The van der Waals surface area contributed by atoms with Crippen molar-refractivity contribution in [1.29, 1.82) is 0 Å². The predicted octanol–water partition coefficient (Wildman–Crippen LogP) is 2.75. The van der Waals surface area contributed by atoms with E-state index >= 15 is 0 Å². The van der Waals surface area contributed by atoms with Crippen LogP contribution in [-0.2, 0) is 19.6 Å². The number of carbonyl (C=O) groups is 1. The molecule has 0 spiro atoms. The molecule has 0 saturated heterocycles. The topological polar surface area (TPSA) is 118 Å². The van der Waals surface area contributed by atoms with E-state index < -0.39 is 34.0 Å². The van der Waals surface area contributed by atoms with Gasteiger partial charge in [-0.25, -0.2) is 18.3 Å². The van der Waals surface area contributed by atoms with Crippen LogP contribution in [0.5, 0.6) is 0 Å². The van der Waals surface area contributed by atoms with Crippen LogP contribution in [0.2, 0.25) is 0 Å². The maximum absolute atomic E-state index is 13.5. The molecule has 1 aliphatic heterocycles. The molecule has 1 aliphatic rings. The number of sulfonamides is 1. The van der Waals surface area contributed by atoms with Gasteiger partial charge in [0, 0.05) is 22.6 Å². The highest BCUT2D eigenvalue weighted by Crippen LogP contribution is 2.42. The van der Waals surface area contributed by atoms with Crippen LogP contribution in [0.3, 0.4) is 0 Å². The van der Waals surface area contributed by atoms with E-state index in [1.807, 2.05) is 0 Å². The van der Waals surface area contributed by atoms with Crippen molar-refractivity contribution in [3.8, 4) is 11.3 Å². The van der Waals surface area contributed by atoms with E-state index in [1.165, 1.54) is 37.4 Å². The fourth-order valence-electron chi connectivity index (χ4n) is 3.97. The molecule has 0 saturated carbocycles. The molecule has 33 heavy (non-hydrogen) atoms. The van der Waals surface area contributed by atoms with Crippen LogP contribution < -0.4 is 9.79 Å². The number of halogens is 1. The van der Waals surface area contributed by atoms with Gasteiger partial charge in [-0.1, -0.05) is 0 Å². The minimum absolute atomic E-state index is 0.0826. The monoisotopic (exact) mass is 478 g/mol. The number of nitrogens with one attached hydrogen (secondary N) is 1. The maximum Gasteiger partial charge on any atom is 0.279 e. The number of rotatable bonds is 5. The Bertz CT molecular complexity index is 1300. The molecule has 2 heterocycles. The number of hydrogen-bond acceptors (Lipinski definition) is 7. The highest BCUT2D eigenvalue weighted by atomic mass is 32.2. The number of anilines is 1. The summed E-state index contributed by atoms with van der Waals surface area (Å²) >= 11 is 0. The lowest BCUT2D eigenvalue weighted by Gasteiger charge is -2.24. The molecule has 2 aromatic carbocycles. The Labute approximate surface area is 189 Å². The third-order valence-corrected chi connectivity index (χ3v) is 6.59. The number of benzene rings is 2. The predicted molar refractivity (Wildman–Crippen MR) is 119 cm³/mol. The Hall–Kier alpha value is -2.99. The van der Waals surface area contributed by atoms with Crippen molar-refractivity contribution < 1.29 is 36.7 Å². The van der Waals surface area contributed by atoms with Crippen molar-refractivity contribution in [3.63, 3.8) is 0 Å². The zero-order chi connectivity index (χ0) is 23.9. The lowest BCUT2D eigenvalue weighted by atomic mass is 10.0. The smallest absolute Gasteiger partial charge is 0.279 e. The van der Waals surface area contributed by atoms with Gasteiger partial charge in [0.2, 0.25) is 10.0 Å². The second-order valence-electron chi connectivity index (χ2n) is 7.73. The summed E-state index contributed by atoms with van der Waals surface area (Å²) in [5, 5.41) is 10.0. The first-order chi connectivity index (χ1) is 15.6. The van der Waals surface area contributed by atoms with Crippen LogP contribution in [0.25, 0.3) is 22.3 Å². The molecule has 0 fully saturated rings. The molecular formula is C22H23FN2O7S. The quantitative estimate of drug-likeness (QED) is 0.542. The van der Waals surface area contributed by atoms with Gasteiger partial charge in [0.15, 0.2) is 0 Å². The lowest BCUT2D eigenvalue weighted by molar-refractivity contribution is -0.0227. The van der Waals surface area contributed by atoms with E-state index in [-0.39, 0.29) is 30.1 Å². The summed E-state index contributed by atoms with van der Waals surface area (Å²) in [6.45, 7) is 1.28. The third-order valence-electron chi connectivity index (χ3n) is 5.44. The van der Waals surface area contributed by atoms with Crippen molar-refractivity contribution in [1.82, 2.24) is 5.48 Å². The number of ether oxygens (including phenoxy) is 1. The number of fused-ring (bicyclic) bond motifs is 2. The maximum atomic E-state index is 13.5. The van der Waals surface area contributed by atoms with E-state index in [0.29, 0.717) is 22.2 Å². The van der Waals surface area contributed by atoms with Crippen molar-refractivity contribution in [3.05, 3.63) is 53.3 Å². The van der Waals surface area contributed by atoms with Gasteiger partial charge < -0.3 is 14.3 Å². The van der Waals surface area contributed by atoms with Gasteiger partial charge in [-0.3, -0.25) is 13.9 Å². The molecule has 4 rings (SSSR count). The summed E-state index contributed by atoms with van der Waals surface area (Å²) in [6.07, 6.45) is -0.259. The number of furan rings is 1. The standard InChI is InChI=1S/C22H23FN2O7S/c1-12-16-8-17-19(9-18(16)25(33(3,28)29)10-15(11-26)31-12)32-21(20(17)22(27)24-30-2)13-4-6-14(23)7-5-13/h4-9,12,15,26H,10-11H2,1-3H3,(H,24,27)/t12-,15-/m0/s1. The molecule has 1 amide bonds. The third kappa shape index (κ3) is 4.32. The molecule has 0 radical (unpaired) electrons. The van der Waals surface area contributed by atoms with Gasteiger partial charge in [0.25, 0.3) is 5.91 Å². The van der Waals surface area contributed by atoms with Gasteiger partial charge in [-0.05, 0) is 37.3 Å². The summed E-state index contributed by atoms with van der Waals surface area (Å²) < 4.78 is 51.6. The van der Waals surface area contributed by atoms with Crippen LogP contribution >= 0.6 is 0 Å². The minimum Gasteiger partial charge on any atom is -0.455 e.